The summed E-state index contributed by atoms with van der Waals surface area (Å²) in [6, 6.07) is 8.07. The number of hydrogen-bond donors (Lipinski definition) is 1. The molecule has 2 heterocycles. The fourth-order valence-electron chi connectivity index (χ4n) is 3.62. The average Bonchev–Trinajstić information content (AvgIpc) is 2.87. The Labute approximate surface area is 103 Å². The van der Waals surface area contributed by atoms with Crippen LogP contribution < -0.4 is 4.90 Å². The molecule has 3 rings (SSSR count). The van der Waals surface area contributed by atoms with E-state index < -0.39 is 0 Å². The van der Waals surface area contributed by atoms with Crippen molar-refractivity contribution in [3.05, 3.63) is 29.3 Å². The van der Waals surface area contributed by atoms with Crippen LogP contribution in [0.3, 0.4) is 0 Å². The Morgan fingerprint density at radius 3 is 2.24 bits per heavy atom. The predicted molar refractivity (Wildman–Crippen MR) is 70.3 cm³/mol. The van der Waals surface area contributed by atoms with Gasteiger partial charge in [-0.2, -0.15) is 0 Å². The van der Waals surface area contributed by atoms with Crippen LogP contribution >= 0.6 is 0 Å². The number of hydrogen-bond acceptors (Lipinski definition) is 2. The van der Waals surface area contributed by atoms with Gasteiger partial charge < -0.3 is 10.0 Å². The number of benzene rings is 1. The molecule has 17 heavy (non-hydrogen) atoms. The minimum absolute atomic E-state index is 0.362. The summed E-state index contributed by atoms with van der Waals surface area (Å²) in [4.78, 5) is 2.61. The van der Waals surface area contributed by atoms with Gasteiger partial charge in [0.05, 0.1) is 6.10 Å². The van der Waals surface area contributed by atoms with E-state index in [1.165, 1.54) is 36.9 Å². The first-order chi connectivity index (χ1) is 8.16. The lowest BCUT2D eigenvalue weighted by Crippen LogP contribution is -2.28. The van der Waals surface area contributed by atoms with E-state index in [1.54, 1.807) is 0 Å². The highest BCUT2D eigenvalue weighted by Gasteiger charge is 2.39. The topological polar surface area (TPSA) is 23.5 Å². The standard InChI is InChI=1S/C15H21NO/c1-10-9-14(7-8-15(10)11(2)17)16-12-3-4-13(16)6-5-12/h7-9,11-13,17H,3-6H2,1-2H3. The van der Waals surface area contributed by atoms with Gasteiger partial charge in [0.25, 0.3) is 0 Å². The third kappa shape index (κ3) is 1.75. The first-order valence-electron chi connectivity index (χ1n) is 6.74. The molecule has 1 N–H and O–H groups in total. The third-order valence-corrected chi connectivity index (χ3v) is 4.45. The van der Waals surface area contributed by atoms with Crippen molar-refractivity contribution in [3.8, 4) is 0 Å². The molecule has 2 saturated heterocycles. The van der Waals surface area contributed by atoms with Crippen molar-refractivity contribution in [3.63, 3.8) is 0 Å². The summed E-state index contributed by atoms with van der Waals surface area (Å²) < 4.78 is 0. The Kier molecular flexibility index (Phi) is 2.62. The van der Waals surface area contributed by atoms with E-state index in [2.05, 4.69) is 30.0 Å². The molecule has 0 saturated carbocycles. The Morgan fingerprint density at radius 2 is 1.76 bits per heavy atom. The van der Waals surface area contributed by atoms with E-state index in [9.17, 15) is 5.11 Å². The van der Waals surface area contributed by atoms with E-state index in [0.29, 0.717) is 0 Å². The molecule has 0 radical (unpaired) electrons. The molecular formula is C15H21NO. The van der Waals surface area contributed by atoms with E-state index >= 15 is 0 Å². The molecule has 0 aromatic heterocycles. The van der Waals surface area contributed by atoms with Gasteiger partial charge in [-0.3, -0.25) is 0 Å². The van der Waals surface area contributed by atoms with Crippen LogP contribution in [-0.4, -0.2) is 17.2 Å². The zero-order valence-corrected chi connectivity index (χ0v) is 10.7. The minimum atomic E-state index is -0.362. The van der Waals surface area contributed by atoms with Crippen LogP contribution in [-0.2, 0) is 0 Å². The second-order valence-corrected chi connectivity index (χ2v) is 5.59. The minimum Gasteiger partial charge on any atom is -0.389 e. The maximum atomic E-state index is 9.66. The van der Waals surface area contributed by atoms with Crippen molar-refractivity contribution in [2.75, 3.05) is 4.90 Å². The van der Waals surface area contributed by atoms with Gasteiger partial charge in [0.1, 0.15) is 0 Å². The number of aryl methyl sites for hydroxylation is 1. The van der Waals surface area contributed by atoms with Crippen LogP contribution in [0.25, 0.3) is 0 Å². The SMILES string of the molecule is Cc1cc(N2C3CCC2CC3)ccc1C(C)O. The number of nitrogens with zero attached hydrogens (tertiary/aromatic N) is 1. The molecule has 1 unspecified atom stereocenters. The normalized spacial score (nSPS) is 28.8. The highest BCUT2D eigenvalue weighted by Crippen LogP contribution is 2.41. The molecule has 2 bridgehead atoms. The number of anilines is 1. The molecule has 2 aliphatic heterocycles. The lowest BCUT2D eigenvalue weighted by molar-refractivity contribution is 0.198. The summed E-state index contributed by atoms with van der Waals surface area (Å²) in [5.41, 5.74) is 3.63. The van der Waals surface area contributed by atoms with Crippen molar-refractivity contribution in [1.29, 1.82) is 0 Å². The maximum absolute atomic E-state index is 9.66. The number of fused-ring (bicyclic) bond motifs is 2. The predicted octanol–water partition coefficient (Wildman–Crippen LogP) is 3.18. The van der Waals surface area contributed by atoms with Crippen molar-refractivity contribution < 1.29 is 5.11 Å². The average molecular weight is 231 g/mol. The van der Waals surface area contributed by atoms with Crippen LogP contribution in [0.15, 0.2) is 18.2 Å². The van der Waals surface area contributed by atoms with Gasteiger partial charge in [0.15, 0.2) is 0 Å². The molecule has 2 aliphatic rings. The maximum Gasteiger partial charge on any atom is 0.0764 e. The van der Waals surface area contributed by atoms with Gasteiger partial charge >= 0.3 is 0 Å². The van der Waals surface area contributed by atoms with Gasteiger partial charge in [-0.15, -0.1) is 0 Å². The molecule has 1 aromatic rings. The van der Waals surface area contributed by atoms with Crippen molar-refractivity contribution in [1.82, 2.24) is 0 Å². The summed E-state index contributed by atoms with van der Waals surface area (Å²) in [7, 11) is 0. The summed E-state index contributed by atoms with van der Waals surface area (Å²) in [6.45, 7) is 3.94. The quantitative estimate of drug-likeness (QED) is 0.845. The monoisotopic (exact) mass is 231 g/mol. The Balaban J connectivity index is 1.92. The molecule has 0 aliphatic carbocycles. The molecule has 0 amide bonds. The smallest absolute Gasteiger partial charge is 0.0764 e. The summed E-state index contributed by atoms with van der Waals surface area (Å²) in [6.07, 6.45) is 5.09. The van der Waals surface area contributed by atoms with Crippen molar-refractivity contribution in [2.45, 2.75) is 57.7 Å². The van der Waals surface area contributed by atoms with Crippen LogP contribution in [0.4, 0.5) is 5.69 Å². The van der Waals surface area contributed by atoms with Gasteiger partial charge in [-0.1, -0.05) is 6.07 Å². The van der Waals surface area contributed by atoms with Crippen LogP contribution in [0.2, 0.25) is 0 Å². The first-order valence-corrected chi connectivity index (χ1v) is 6.74. The van der Waals surface area contributed by atoms with Gasteiger partial charge in [-0.25, -0.2) is 0 Å². The zero-order chi connectivity index (χ0) is 12.0. The van der Waals surface area contributed by atoms with Crippen LogP contribution in [0, 0.1) is 6.92 Å². The fraction of sp³-hybridized carbons (Fsp3) is 0.600. The second-order valence-electron chi connectivity index (χ2n) is 5.59. The lowest BCUT2D eigenvalue weighted by atomic mass is 10.0. The molecule has 2 nitrogen and oxygen atoms in total. The fourth-order valence-corrected chi connectivity index (χ4v) is 3.62. The zero-order valence-electron chi connectivity index (χ0n) is 10.7. The third-order valence-electron chi connectivity index (χ3n) is 4.45. The van der Waals surface area contributed by atoms with Crippen molar-refractivity contribution >= 4 is 5.69 Å². The molecule has 1 atom stereocenters. The van der Waals surface area contributed by atoms with Crippen LogP contribution in [0.5, 0.6) is 0 Å². The molecule has 0 spiro atoms. The summed E-state index contributed by atoms with van der Waals surface area (Å²) in [5.74, 6) is 0. The number of aliphatic hydroxyl groups is 1. The summed E-state index contributed by atoms with van der Waals surface area (Å²) in [5, 5.41) is 9.66. The van der Waals surface area contributed by atoms with E-state index in [-0.39, 0.29) is 6.10 Å². The molecule has 92 valence electrons. The molecule has 1 aromatic carbocycles. The van der Waals surface area contributed by atoms with Gasteiger partial charge in [0.2, 0.25) is 0 Å². The summed E-state index contributed by atoms with van der Waals surface area (Å²) >= 11 is 0. The second kappa shape index (κ2) is 4.02. The van der Waals surface area contributed by atoms with Crippen molar-refractivity contribution in [2.24, 2.45) is 0 Å². The van der Waals surface area contributed by atoms with Gasteiger partial charge in [-0.05, 0) is 62.8 Å². The van der Waals surface area contributed by atoms with E-state index in [1.807, 2.05) is 6.92 Å². The number of aliphatic hydroxyl groups excluding tert-OH is 1. The van der Waals surface area contributed by atoms with E-state index in [0.717, 1.165) is 17.6 Å². The molecular weight excluding hydrogens is 210 g/mol. The molecule has 2 heteroatoms. The first kappa shape index (κ1) is 11.1. The van der Waals surface area contributed by atoms with Gasteiger partial charge in [0, 0.05) is 17.8 Å². The molecule has 2 fully saturated rings. The number of rotatable bonds is 2. The van der Waals surface area contributed by atoms with E-state index in [4.69, 9.17) is 0 Å². The Morgan fingerprint density at radius 1 is 1.18 bits per heavy atom. The Bertz CT molecular complexity index is 407. The largest absolute Gasteiger partial charge is 0.389 e. The Hall–Kier alpha value is -1.02. The lowest BCUT2D eigenvalue weighted by Gasteiger charge is -2.25. The highest BCUT2D eigenvalue weighted by molar-refractivity contribution is 5.54. The highest BCUT2D eigenvalue weighted by atomic mass is 16.3. The van der Waals surface area contributed by atoms with Crippen LogP contribution in [0.1, 0.15) is 49.8 Å².